The first-order valence-corrected chi connectivity index (χ1v) is 9.74. The molecule has 1 aliphatic carbocycles. The zero-order valence-corrected chi connectivity index (χ0v) is 16.6. The summed E-state index contributed by atoms with van der Waals surface area (Å²) in [5.74, 6) is -0.383. The maximum Gasteiger partial charge on any atom is 0.337 e. The van der Waals surface area contributed by atoms with Gasteiger partial charge in [0.25, 0.3) is 0 Å². The quantitative estimate of drug-likeness (QED) is 0.735. The Morgan fingerprint density at radius 1 is 1.32 bits per heavy atom. The molecule has 0 aromatic heterocycles. The van der Waals surface area contributed by atoms with Crippen LogP contribution >= 0.6 is 0 Å². The third-order valence-corrected chi connectivity index (χ3v) is 5.41. The number of hydrogen-bond acceptors (Lipinski definition) is 4. The Morgan fingerprint density at radius 2 is 2.07 bits per heavy atom. The van der Waals surface area contributed by atoms with Gasteiger partial charge < -0.3 is 15.4 Å². The Labute approximate surface area is 165 Å². The lowest BCUT2D eigenvalue weighted by molar-refractivity contribution is -0.136. The summed E-state index contributed by atoms with van der Waals surface area (Å²) in [7, 11) is 1.33. The van der Waals surface area contributed by atoms with Gasteiger partial charge in [0.1, 0.15) is 0 Å². The summed E-state index contributed by atoms with van der Waals surface area (Å²) in [6, 6.07) is 6.36. The van der Waals surface area contributed by atoms with Gasteiger partial charge in [-0.15, -0.1) is 0 Å². The number of nitrogens with one attached hydrogen (secondary N) is 2. The molecule has 28 heavy (non-hydrogen) atoms. The predicted octanol–water partition coefficient (Wildman–Crippen LogP) is 3.35. The average molecular weight is 385 g/mol. The summed E-state index contributed by atoms with van der Waals surface area (Å²) in [5, 5.41) is 5.84. The molecule has 1 aromatic carbocycles. The van der Waals surface area contributed by atoms with Gasteiger partial charge in [-0.05, 0) is 43.9 Å². The second-order valence-corrected chi connectivity index (χ2v) is 7.27. The number of nitrogens with zero attached hydrogens (tertiary/aromatic N) is 1. The number of anilines is 1. The molecule has 0 spiro atoms. The summed E-state index contributed by atoms with van der Waals surface area (Å²) < 4.78 is 4.98. The van der Waals surface area contributed by atoms with Crippen molar-refractivity contribution in [2.45, 2.75) is 45.6 Å². The number of urea groups is 1. The Bertz CT molecular complexity index is 814. The van der Waals surface area contributed by atoms with Crippen LogP contribution in [0.25, 0.3) is 0 Å². The van der Waals surface area contributed by atoms with E-state index in [1.807, 2.05) is 19.1 Å². The number of methoxy groups -OCH3 is 1. The Balaban J connectivity index is 1.92. The highest BCUT2D eigenvalue weighted by Gasteiger charge is 2.36. The molecule has 1 saturated carbocycles. The van der Waals surface area contributed by atoms with Gasteiger partial charge in [-0.3, -0.25) is 9.69 Å². The van der Waals surface area contributed by atoms with Crippen LogP contribution in [0.1, 0.15) is 51.1 Å². The van der Waals surface area contributed by atoms with E-state index >= 15 is 0 Å². The number of hydrogen-bond donors (Lipinski definition) is 2. The normalized spacial score (nSPS) is 19.8. The number of amides is 3. The van der Waals surface area contributed by atoms with E-state index in [1.165, 1.54) is 7.11 Å². The Kier molecular flexibility index (Phi) is 6.02. The van der Waals surface area contributed by atoms with E-state index in [1.54, 1.807) is 24.0 Å². The minimum absolute atomic E-state index is 0.0186. The molecular weight excluding hydrogens is 358 g/mol. The van der Waals surface area contributed by atoms with Crippen molar-refractivity contribution in [3.8, 4) is 0 Å². The molecule has 3 rings (SSSR count). The van der Waals surface area contributed by atoms with Gasteiger partial charge >= 0.3 is 12.0 Å². The molecule has 0 bridgehead atoms. The van der Waals surface area contributed by atoms with Gasteiger partial charge in [0, 0.05) is 23.8 Å². The first-order chi connectivity index (χ1) is 13.5. The molecule has 2 N–H and O–H groups in total. The van der Waals surface area contributed by atoms with Gasteiger partial charge in [-0.25, -0.2) is 9.59 Å². The van der Waals surface area contributed by atoms with Crippen molar-refractivity contribution >= 4 is 23.6 Å². The van der Waals surface area contributed by atoms with Crippen LogP contribution in [0, 0.1) is 5.92 Å². The Morgan fingerprint density at radius 3 is 2.68 bits per heavy atom. The third kappa shape index (κ3) is 3.88. The van der Waals surface area contributed by atoms with Crippen molar-refractivity contribution in [1.29, 1.82) is 0 Å². The minimum Gasteiger partial charge on any atom is -0.466 e. The molecule has 1 atom stereocenters. The second kappa shape index (κ2) is 8.46. The molecule has 1 heterocycles. The van der Waals surface area contributed by atoms with Gasteiger partial charge in [0.2, 0.25) is 5.91 Å². The number of ether oxygens (including phenoxy) is 1. The molecular formula is C21H27N3O4. The first-order valence-electron chi connectivity index (χ1n) is 9.74. The van der Waals surface area contributed by atoms with Crippen LogP contribution in [0.15, 0.2) is 35.5 Å². The fourth-order valence-electron chi connectivity index (χ4n) is 3.61. The minimum atomic E-state index is -0.631. The maximum absolute atomic E-state index is 12.6. The summed E-state index contributed by atoms with van der Waals surface area (Å²) >= 11 is 0. The molecule has 1 aromatic rings. The van der Waals surface area contributed by atoms with Gasteiger partial charge in [0.15, 0.2) is 0 Å². The smallest absolute Gasteiger partial charge is 0.337 e. The topological polar surface area (TPSA) is 87.7 Å². The molecule has 1 aliphatic heterocycles. The van der Waals surface area contributed by atoms with Crippen LogP contribution in [0.4, 0.5) is 10.5 Å². The predicted molar refractivity (Wildman–Crippen MR) is 105 cm³/mol. The molecule has 0 radical (unpaired) electrons. The van der Waals surface area contributed by atoms with Crippen molar-refractivity contribution in [2.75, 3.05) is 19.0 Å². The van der Waals surface area contributed by atoms with Crippen molar-refractivity contribution in [1.82, 2.24) is 10.2 Å². The van der Waals surface area contributed by atoms with Crippen LogP contribution in [0.2, 0.25) is 0 Å². The monoisotopic (exact) mass is 385 g/mol. The van der Waals surface area contributed by atoms with Crippen LogP contribution < -0.4 is 10.6 Å². The molecule has 3 amide bonds. The maximum atomic E-state index is 12.6. The number of allylic oxidation sites excluding steroid dienone is 1. The number of benzene rings is 1. The van der Waals surface area contributed by atoms with Crippen molar-refractivity contribution in [3.63, 3.8) is 0 Å². The van der Waals surface area contributed by atoms with Gasteiger partial charge in [-0.2, -0.15) is 0 Å². The van der Waals surface area contributed by atoms with E-state index in [-0.39, 0.29) is 17.9 Å². The highest BCUT2D eigenvalue weighted by molar-refractivity contribution is 5.95. The summed E-state index contributed by atoms with van der Waals surface area (Å²) in [4.78, 5) is 38.9. The molecule has 7 heteroatoms. The first kappa shape index (κ1) is 19.9. The molecule has 1 fully saturated rings. The van der Waals surface area contributed by atoms with E-state index in [2.05, 4.69) is 10.6 Å². The fraction of sp³-hybridized carbons (Fsp3) is 0.476. The standard InChI is InChI=1S/C21H27N3O4/c1-4-11-24-13(2)17(20(26)28-3)18(23-21(24)27)15-9-6-10-16(12-15)22-19(25)14-7-5-8-14/h6,9-10,12,14,18H,4-5,7-8,11H2,1-3H3,(H,22,25)(H,23,27). The zero-order valence-electron chi connectivity index (χ0n) is 16.6. The molecule has 150 valence electrons. The molecule has 0 saturated heterocycles. The third-order valence-electron chi connectivity index (χ3n) is 5.41. The van der Waals surface area contributed by atoms with E-state index in [9.17, 15) is 14.4 Å². The van der Waals surface area contributed by atoms with Crippen LogP contribution in [0.5, 0.6) is 0 Å². The highest BCUT2D eigenvalue weighted by Crippen LogP contribution is 2.33. The van der Waals surface area contributed by atoms with Gasteiger partial charge in [0.05, 0.1) is 18.7 Å². The van der Waals surface area contributed by atoms with E-state index in [4.69, 9.17) is 4.74 Å². The molecule has 1 unspecified atom stereocenters. The summed E-state index contributed by atoms with van der Waals surface area (Å²) in [5.41, 5.74) is 2.36. The Hall–Kier alpha value is -2.83. The SMILES string of the molecule is CCCN1C(=O)NC(c2cccc(NC(=O)C3CCC3)c2)C(C(=O)OC)=C1C. The largest absolute Gasteiger partial charge is 0.466 e. The molecule has 2 aliphatic rings. The van der Waals surface area contributed by atoms with Crippen LogP contribution in [0.3, 0.4) is 0 Å². The summed E-state index contributed by atoms with van der Waals surface area (Å²) in [6.07, 6.45) is 3.71. The number of carbonyl (C=O) groups excluding carboxylic acids is 3. The average Bonchev–Trinajstić information content (AvgIpc) is 2.62. The van der Waals surface area contributed by atoms with E-state index in [0.29, 0.717) is 23.5 Å². The highest BCUT2D eigenvalue weighted by atomic mass is 16.5. The second-order valence-electron chi connectivity index (χ2n) is 7.27. The number of carbonyl (C=O) groups is 3. The van der Waals surface area contributed by atoms with Gasteiger partial charge in [-0.1, -0.05) is 25.5 Å². The number of esters is 1. The number of rotatable bonds is 6. The van der Waals surface area contributed by atoms with Crippen molar-refractivity contribution in [2.24, 2.45) is 5.92 Å². The molecule has 7 nitrogen and oxygen atoms in total. The van der Waals surface area contributed by atoms with E-state index < -0.39 is 12.0 Å². The lowest BCUT2D eigenvalue weighted by Gasteiger charge is -2.35. The van der Waals surface area contributed by atoms with Crippen molar-refractivity contribution < 1.29 is 19.1 Å². The van der Waals surface area contributed by atoms with Crippen molar-refractivity contribution in [3.05, 3.63) is 41.1 Å². The summed E-state index contributed by atoms with van der Waals surface area (Å²) in [6.45, 7) is 4.25. The fourth-order valence-corrected chi connectivity index (χ4v) is 3.61. The lowest BCUT2D eigenvalue weighted by Crippen LogP contribution is -2.48. The van der Waals surface area contributed by atoms with E-state index in [0.717, 1.165) is 31.2 Å². The van der Waals surface area contributed by atoms with Crippen LogP contribution in [-0.2, 0) is 14.3 Å². The lowest BCUT2D eigenvalue weighted by atomic mass is 9.85. The van der Waals surface area contributed by atoms with Crippen LogP contribution in [-0.4, -0.2) is 36.5 Å². The zero-order chi connectivity index (χ0) is 20.3.